The summed E-state index contributed by atoms with van der Waals surface area (Å²) in [5.41, 5.74) is 12.3. The van der Waals surface area contributed by atoms with Gasteiger partial charge in [-0.15, -0.1) is 0 Å². The van der Waals surface area contributed by atoms with Crippen molar-refractivity contribution in [1.29, 1.82) is 0 Å². The van der Waals surface area contributed by atoms with Crippen LogP contribution >= 0.6 is 0 Å². The zero-order valence-corrected chi connectivity index (χ0v) is 10.3. The summed E-state index contributed by atoms with van der Waals surface area (Å²) in [6.45, 7) is 0. The third-order valence-electron chi connectivity index (χ3n) is 2.35. The smallest absolute Gasteiger partial charge is 0.263 e. The van der Waals surface area contributed by atoms with Crippen LogP contribution in [-0.2, 0) is 10.0 Å². The van der Waals surface area contributed by atoms with Gasteiger partial charge in [0.1, 0.15) is 4.90 Å². The number of nitrogens with two attached hydrogens (primary N) is 2. The second-order valence-electron chi connectivity index (χ2n) is 3.77. The molecule has 0 aromatic heterocycles. The summed E-state index contributed by atoms with van der Waals surface area (Å²) < 4.78 is 26.6. The average Bonchev–Trinajstić information content (AvgIpc) is 2.28. The predicted molar refractivity (Wildman–Crippen MR) is 72.5 cm³/mol. The van der Waals surface area contributed by atoms with Gasteiger partial charge in [-0.2, -0.15) is 0 Å². The molecule has 6 heteroatoms. The fraction of sp³-hybridized carbons (Fsp3) is 0. The van der Waals surface area contributed by atoms with Crippen LogP contribution in [-0.4, -0.2) is 8.42 Å². The second kappa shape index (κ2) is 4.58. The van der Waals surface area contributed by atoms with E-state index in [4.69, 9.17) is 11.5 Å². The lowest BCUT2D eigenvalue weighted by molar-refractivity contribution is 0.601. The van der Waals surface area contributed by atoms with Crippen molar-refractivity contribution < 1.29 is 8.42 Å². The lowest BCUT2D eigenvalue weighted by Crippen LogP contribution is -2.14. The number of hydrogen-bond acceptors (Lipinski definition) is 4. The largest absolute Gasteiger partial charge is 0.399 e. The standard InChI is InChI=1S/C12H13N3O2S/c13-9-4-3-5-10(8-9)15-18(16,17)12-7-2-1-6-11(12)14/h1-8,15H,13-14H2. The summed E-state index contributed by atoms with van der Waals surface area (Å²) in [7, 11) is -3.69. The van der Waals surface area contributed by atoms with Gasteiger partial charge in [-0.3, -0.25) is 4.72 Å². The molecule has 0 radical (unpaired) electrons. The average molecular weight is 263 g/mol. The number of nitrogen functional groups attached to an aromatic ring is 2. The molecule has 0 atom stereocenters. The SMILES string of the molecule is Nc1cccc(NS(=O)(=O)c2ccccc2N)c1. The molecule has 5 N–H and O–H groups in total. The molecule has 94 valence electrons. The Morgan fingerprint density at radius 1 is 0.944 bits per heavy atom. The van der Waals surface area contributed by atoms with E-state index in [1.807, 2.05) is 0 Å². The number of anilines is 3. The molecular formula is C12H13N3O2S. The number of nitrogens with one attached hydrogen (secondary N) is 1. The Morgan fingerprint density at radius 2 is 1.67 bits per heavy atom. The highest BCUT2D eigenvalue weighted by atomic mass is 32.2. The molecule has 0 aliphatic heterocycles. The van der Waals surface area contributed by atoms with E-state index in [0.29, 0.717) is 11.4 Å². The Kier molecular flexibility index (Phi) is 3.12. The van der Waals surface area contributed by atoms with Crippen LogP contribution in [0.4, 0.5) is 17.1 Å². The summed E-state index contributed by atoms with van der Waals surface area (Å²) in [6, 6.07) is 12.8. The monoisotopic (exact) mass is 263 g/mol. The number of benzene rings is 2. The third-order valence-corrected chi connectivity index (χ3v) is 3.80. The van der Waals surface area contributed by atoms with Gasteiger partial charge in [-0.25, -0.2) is 8.42 Å². The molecule has 2 aromatic rings. The molecule has 0 saturated heterocycles. The molecule has 0 spiro atoms. The summed E-state index contributed by atoms with van der Waals surface area (Å²) >= 11 is 0. The fourth-order valence-electron chi connectivity index (χ4n) is 1.54. The zero-order valence-electron chi connectivity index (χ0n) is 9.50. The maximum Gasteiger partial charge on any atom is 0.263 e. The molecule has 0 saturated carbocycles. The second-order valence-corrected chi connectivity index (χ2v) is 5.42. The van der Waals surface area contributed by atoms with Crippen LogP contribution in [0.5, 0.6) is 0 Å². The summed E-state index contributed by atoms with van der Waals surface area (Å²) in [5.74, 6) is 0. The lowest BCUT2D eigenvalue weighted by atomic mass is 10.3. The van der Waals surface area contributed by atoms with Gasteiger partial charge >= 0.3 is 0 Å². The first kappa shape index (κ1) is 12.3. The van der Waals surface area contributed by atoms with Gasteiger partial charge in [0.2, 0.25) is 0 Å². The molecule has 0 unspecified atom stereocenters. The summed E-state index contributed by atoms with van der Waals surface area (Å²) in [4.78, 5) is 0.0485. The predicted octanol–water partition coefficient (Wildman–Crippen LogP) is 1.65. The first-order valence-electron chi connectivity index (χ1n) is 5.22. The van der Waals surface area contributed by atoms with Crippen LogP contribution < -0.4 is 16.2 Å². The molecule has 18 heavy (non-hydrogen) atoms. The van der Waals surface area contributed by atoms with E-state index >= 15 is 0 Å². The van der Waals surface area contributed by atoms with Gasteiger partial charge in [0.15, 0.2) is 0 Å². The molecule has 2 rings (SSSR count). The van der Waals surface area contributed by atoms with Crippen LogP contribution in [0.1, 0.15) is 0 Å². The molecular weight excluding hydrogens is 250 g/mol. The minimum atomic E-state index is -3.69. The van der Waals surface area contributed by atoms with Crippen LogP contribution in [0.15, 0.2) is 53.4 Å². The van der Waals surface area contributed by atoms with Crippen molar-refractivity contribution in [3.8, 4) is 0 Å². The molecule has 2 aromatic carbocycles. The molecule has 0 amide bonds. The third kappa shape index (κ3) is 2.54. The van der Waals surface area contributed by atoms with Gasteiger partial charge in [0.25, 0.3) is 10.0 Å². The minimum absolute atomic E-state index is 0.0485. The van der Waals surface area contributed by atoms with Crippen molar-refractivity contribution in [2.24, 2.45) is 0 Å². The first-order chi connectivity index (χ1) is 8.49. The van der Waals surface area contributed by atoms with E-state index < -0.39 is 10.0 Å². The Hall–Kier alpha value is -2.21. The lowest BCUT2D eigenvalue weighted by Gasteiger charge is -2.10. The van der Waals surface area contributed by atoms with Crippen LogP contribution in [0.2, 0.25) is 0 Å². The Morgan fingerprint density at radius 3 is 2.33 bits per heavy atom. The van der Waals surface area contributed by atoms with E-state index in [1.165, 1.54) is 18.2 Å². The summed E-state index contributed by atoms with van der Waals surface area (Å²) in [6.07, 6.45) is 0. The van der Waals surface area contributed by atoms with Crippen LogP contribution in [0.25, 0.3) is 0 Å². The van der Waals surface area contributed by atoms with Crippen molar-refractivity contribution >= 4 is 27.1 Å². The van der Waals surface area contributed by atoms with Crippen molar-refractivity contribution in [1.82, 2.24) is 0 Å². The summed E-state index contributed by atoms with van der Waals surface area (Å²) in [5, 5.41) is 0. The number of sulfonamides is 1. The Labute approximate surface area is 105 Å². The van der Waals surface area contributed by atoms with E-state index in [0.717, 1.165) is 0 Å². The molecule has 0 bridgehead atoms. The van der Waals surface area contributed by atoms with E-state index in [9.17, 15) is 8.42 Å². The molecule has 0 aliphatic rings. The molecule has 0 fully saturated rings. The number of rotatable bonds is 3. The first-order valence-corrected chi connectivity index (χ1v) is 6.70. The number of hydrogen-bond donors (Lipinski definition) is 3. The normalized spacial score (nSPS) is 11.1. The minimum Gasteiger partial charge on any atom is -0.399 e. The van der Waals surface area contributed by atoms with Gasteiger partial charge in [-0.05, 0) is 30.3 Å². The highest BCUT2D eigenvalue weighted by molar-refractivity contribution is 7.92. The van der Waals surface area contributed by atoms with Crippen LogP contribution in [0.3, 0.4) is 0 Å². The van der Waals surface area contributed by atoms with E-state index in [-0.39, 0.29) is 10.6 Å². The van der Waals surface area contributed by atoms with Crippen molar-refractivity contribution in [2.45, 2.75) is 4.90 Å². The molecule has 0 heterocycles. The fourth-order valence-corrected chi connectivity index (χ4v) is 2.72. The topological polar surface area (TPSA) is 98.2 Å². The van der Waals surface area contributed by atoms with Crippen molar-refractivity contribution in [2.75, 3.05) is 16.2 Å². The van der Waals surface area contributed by atoms with Gasteiger partial charge < -0.3 is 11.5 Å². The quantitative estimate of drug-likeness (QED) is 0.733. The van der Waals surface area contributed by atoms with Crippen molar-refractivity contribution in [3.63, 3.8) is 0 Å². The maximum atomic E-state index is 12.1. The highest BCUT2D eigenvalue weighted by Crippen LogP contribution is 2.21. The van der Waals surface area contributed by atoms with E-state index in [2.05, 4.69) is 4.72 Å². The Bertz CT molecular complexity index is 669. The number of para-hydroxylation sites is 1. The van der Waals surface area contributed by atoms with Gasteiger partial charge in [-0.1, -0.05) is 18.2 Å². The van der Waals surface area contributed by atoms with E-state index in [1.54, 1.807) is 30.3 Å². The molecule has 5 nitrogen and oxygen atoms in total. The van der Waals surface area contributed by atoms with Crippen molar-refractivity contribution in [3.05, 3.63) is 48.5 Å². The highest BCUT2D eigenvalue weighted by Gasteiger charge is 2.16. The van der Waals surface area contributed by atoms with Gasteiger partial charge in [0, 0.05) is 5.69 Å². The maximum absolute atomic E-state index is 12.1. The Balaban J connectivity index is 2.37. The van der Waals surface area contributed by atoms with Gasteiger partial charge in [0.05, 0.1) is 11.4 Å². The zero-order chi connectivity index (χ0) is 13.2. The molecule has 0 aliphatic carbocycles. The van der Waals surface area contributed by atoms with Crippen LogP contribution in [0, 0.1) is 0 Å².